The molecule has 0 radical (unpaired) electrons. The molecule has 2 heteroatoms. The lowest BCUT2D eigenvalue weighted by molar-refractivity contribution is 0.0953. The van der Waals surface area contributed by atoms with Crippen molar-refractivity contribution >= 4 is 5.78 Å². The SMILES string of the molecule is O=C(c1ccccc1)C1CO1. The Bertz CT molecular complexity index is 262. The Kier molecular flexibility index (Phi) is 1.47. The minimum atomic E-state index is -0.155. The Hall–Kier alpha value is -1.15. The van der Waals surface area contributed by atoms with Gasteiger partial charge in [0.25, 0.3) is 0 Å². The molecule has 1 saturated heterocycles. The van der Waals surface area contributed by atoms with E-state index in [2.05, 4.69) is 0 Å². The van der Waals surface area contributed by atoms with Crippen LogP contribution in [0.1, 0.15) is 10.4 Å². The first kappa shape index (κ1) is 6.55. The summed E-state index contributed by atoms with van der Waals surface area (Å²) in [5.41, 5.74) is 0.745. The fourth-order valence-electron chi connectivity index (χ4n) is 0.988. The predicted molar refractivity (Wildman–Crippen MR) is 40.5 cm³/mol. The predicted octanol–water partition coefficient (Wildman–Crippen LogP) is 1.27. The van der Waals surface area contributed by atoms with Gasteiger partial charge in [0.1, 0.15) is 6.10 Å². The van der Waals surface area contributed by atoms with Gasteiger partial charge in [-0.25, -0.2) is 0 Å². The summed E-state index contributed by atoms with van der Waals surface area (Å²) in [6.45, 7) is 0.591. The molecule has 11 heavy (non-hydrogen) atoms. The first-order valence-corrected chi connectivity index (χ1v) is 3.59. The van der Waals surface area contributed by atoms with Crippen molar-refractivity contribution in [1.29, 1.82) is 0 Å². The molecule has 1 aromatic rings. The summed E-state index contributed by atoms with van der Waals surface area (Å²) in [5, 5.41) is 0. The van der Waals surface area contributed by atoms with Gasteiger partial charge >= 0.3 is 0 Å². The number of hydrogen-bond acceptors (Lipinski definition) is 2. The second-order valence-electron chi connectivity index (χ2n) is 2.55. The van der Waals surface area contributed by atoms with Gasteiger partial charge in [0.2, 0.25) is 0 Å². The molecule has 1 aliphatic heterocycles. The molecule has 1 aliphatic rings. The zero-order valence-electron chi connectivity index (χ0n) is 5.99. The lowest BCUT2D eigenvalue weighted by Crippen LogP contribution is -2.06. The summed E-state index contributed by atoms with van der Waals surface area (Å²) in [7, 11) is 0. The Balaban J connectivity index is 2.22. The van der Waals surface area contributed by atoms with Gasteiger partial charge in [0.15, 0.2) is 5.78 Å². The van der Waals surface area contributed by atoms with E-state index in [1.807, 2.05) is 30.3 Å². The molecule has 1 heterocycles. The first-order valence-electron chi connectivity index (χ1n) is 3.59. The third kappa shape index (κ3) is 1.30. The van der Waals surface area contributed by atoms with Crippen LogP contribution in [-0.4, -0.2) is 18.5 Å². The molecule has 0 N–H and O–H groups in total. The van der Waals surface area contributed by atoms with Crippen molar-refractivity contribution in [3.8, 4) is 0 Å². The van der Waals surface area contributed by atoms with Gasteiger partial charge in [-0.3, -0.25) is 4.79 Å². The van der Waals surface area contributed by atoms with Crippen LogP contribution in [0.25, 0.3) is 0 Å². The fraction of sp³-hybridized carbons (Fsp3) is 0.222. The molecule has 0 spiro atoms. The average Bonchev–Trinajstić information content (AvgIpc) is 2.87. The maximum atomic E-state index is 11.3. The van der Waals surface area contributed by atoms with E-state index in [0.717, 1.165) is 5.56 Å². The second kappa shape index (κ2) is 2.47. The van der Waals surface area contributed by atoms with Crippen molar-refractivity contribution in [2.75, 3.05) is 6.61 Å². The molecular formula is C9H8O2. The van der Waals surface area contributed by atoms with Crippen LogP contribution in [0.4, 0.5) is 0 Å². The highest BCUT2D eigenvalue weighted by Gasteiger charge is 2.31. The number of Topliss-reactive ketones (excluding diaryl/α,β-unsaturated/α-hetero) is 1. The van der Waals surface area contributed by atoms with Gasteiger partial charge in [-0.2, -0.15) is 0 Å². The van der Waals surface area contributed by atoms with Crippen LogP contribution in [0.15, 0.2) is 30.3 Å². The molecule has 1 unspecified atom stereocenters. The molecule has 1 atom stereocenters. The molecule has 1 aromatic carbocycles. The highest BCUT2D eigenvalue weighted by Crippen LogP contribution is 2.15. The largest absolute Gasteiger partial charge is 0.364 e. The number of rotatable bonds is 2. The Labute approximate surface area is 64.8 Å². The van der Waals surface area contributed by atoms with E-state index in [4.69, 9.17) is 4.74 Å². The number of carbonyl (C=O) groups is 1. The minimum Gasteiger partial charge on any atom is -0.364 e. The van der Waals surface area contributed by atoms with Crippen LogP contribution >= 0.6 is 0 Å². The van der Waals surface area contributed by atoms with Gasteiger partial charge in [0.05, 0.1) is 6.61 Å². The summed E-state index contributed by atoms with van der Waals surface area (Å²) < 4.78 is 4.88. The van der Waals surface area contributed by atoms with E-state index < -0.39 is 0 Å². The van der Waals surface area contributed by atoms with E-state index >= 15 is 0 Å². The molecule has 2 nitrogen and oxygen atoms in total. The van der Waals surface area contributed by atoms with Crippen LogP contribution in [0.2, 0.25) is 0 Å². The van der Waals surface area contributed by atoms with Crippen molar-refractivity contribution in [2.24, 2.45) is 0 Å². The normalized spacial score (nSPS) is 21.3. The van der Waals surface area contributed by atoms with Gasteiger partial charge in [-0.1, -0.05) is 30.3 Å². The van der Waals surface area contributed by atoms with Gasteiger partial charge in [-0.05, 0) is 0 Å². The van der Waals surface area contributed by atoms with E-state index in [1.54, 1.807) is 0 Å². The fourth-order valence-corrected chi connectivity index (χ4v) is 0.988. The maximum Gasteiger partial charge on any atom is 0.193 e. The second-order valence-corrected chi connectivity index (χ2v) is 2.55. The molecule has 0 amide bonds. The van der Waals surface area contributed by atoms with Crippen LogP contribution in [0.3, 0.4) is 0 Å². The highest BCUT2D eigenvalue weighted by atomic mass is 16.6. The number of epoxide rings is 1. The number of carbonyl (C=O) groups excluding carboxylic acids is 1. The van der Waals surface area contributed by atoms with Crippen molar-refractivity contribution in [1.82, 2.24) is 0 Å². The van der Waals surface area contributed by atoms with Crippen molar-refractivity contribution in [3.63, 3.8) is 0 Å². The molecule has 56 valence electrons. The Morgan fingerprint density at radius 2 is 2.00 bits per heavy atom. The lowest BCUT2D eigenvalue weighted by atomic mass is 10.1. The summed E-state index contributed by atoms with van der Waals surface area (Å²) >= 11 is 0. The van der Waals surface area contributed by atoms with E-state index in [-0.39, 0.29) is 11.9 Å². The average molecular weight is 148 g/mol. The number of hydrogen-bond donors (Lipinski definition) is 0. The van der Waals surface area contributed by atoms with Crippen LogP contribution in [-0.2, 0) is 4.74 Å². The quantitative estimate of drug-likeness (QED) is 0.467. The number of ketones is 1. The molecule has 2 rings (SSSR count). The molecule has 1 fully saturated rings. The van der Waals surface area contributed by atoms with Crippen molar-refractivity contribution in [3.05, 3.63) is 35.9 Å². The third-order valence-corrected chi connectivity index (χ3v) is 1.68. The van der Waals surface area contributed by atoms with Crippen molar-refractivity contribution < 1.29 is 9.53 Å². The molecular weight excluding hydrogens is 140 g/mol. The minimum absolute atomic E-state index is 0.102. The van der Waals surface area contributed by atoms with Crippen molar-refractivity contribution in [2.45, 2.75) is 6.10 Å². The summed E-state index contributed by atoms with van der Waals surface area (Å²) in [4.78, 5) is 11.3. The van der Waals surface area contributed by atoms with E-state index in [1.165, 1.54) is 0 Å². The van der Waals surface area contributed by atoms with Crippen LogP contribution < -0.4 is 0 Å². The third-order valence-electron chi connectivity index (χ3n) is 1.68. The molecule has 0 aliphatic carbocycles. The summed E-state index contributed by atoms with van der Waals surface area (Å²) in [6, 6.07) is 9.23. The summed E-state index contributed by atoms with van der Waals surface area (Å²) in [6.07, 6.45) is -0.155. The van der Waals surface area contributed by atoms with E-state index in [0.29, 0.717) is 6.61 Å². The van der Waals surface area contributed by atoms with Gasteiger partial charge in [-0.15, -0.1) is 0 Å². The number of benzene rings is 1. The molecule has 0 aromatic heterocycles. The van der Waals surface area contributed by atoms with E-state index in [9.17, 15) is 4.79 Å². The van der Waals surface area contributed by atoms with Crippen LogP contribution in [0.5, 0.6) is 0 Å². The Morgan fingerprint density at radius 3 is 2.55 bits per heavy atom. The Morgan fingerprint density at radius 1 is 1.36 bits per heavy atom. The van der Waals surface area contributed by atoms with Gasteiger partial charge in [0, 0.05) is 5.56 Å². The molecule has 0 saturated carbocycles. The monoisotopic (exact) mass is 148 g/mol. The smallest absolute Gasteiger partial charge is 0.193 e. The van der Waals surface area contributed by atoms with Crippen LogP contribution in [0, 0.1) is 0 Å². The highest BCUT2D eigenvalue weighted by molar-refractivity contribution is 6.00. The topological polar surface area (TPSA) is 29.6 Å². The lowest BCUT2D eigenvalue weighted by Gasteiger charge is -1.93. The zero-order chi connectivity index (χ0) is 7.68. The number of ether oxygens (including phenoxy) is 1. The summed E-state index contributed by atoms with van der Waals surface area (Å²) in [5.74, 6) is 0.102. The standard InChI is InChI=1S/C9H8O2/c10-9(8-6-11-8)7-4-2-1-3-5-7/h1-5,8H,6H2. The zero-order valence-corrected chi connectivity index (χ0v) is 5.99. The molecule has 0 bridgehead atoms. The van der Waals surface area contributed by atoms with Gasteiger partial charge < -0.3 is 4.74 Å². The first-order chi connectivity index (χ1) is 5.38. The maximum absolute atomic E-state index is 11.3.